The van der Waals surface area contributed by atoms with E-state index in [1.54, 1.807) is 0 Å². The summed E-state index contributed by atoms with van der Waals surface area (Å²) in [5, 5.41) is 7.11. The summed E-state index contributed by atoms with van der Waals surface area (Å²) in [5.74, 6) is 0. The van der Waals surface area contributed by atoms with E-state index in [0.717, 1.165) is 55.8 Å². The molecule has 3 nitrogen and oxygen atoms in total. The second-order valence-corrected chi connectivity index (χ2v) is 12.5. The molecule has 0 N–H and O–H groups in total. The first-order valence-electron chi connectivity index (χ1n) is 16.7. The number of fused-ring (bicyclic) bond motifs is 8. The normalized spacial score (nSPS) is 11.7. The third-order valence-electron chi connectivity index (χ3n) is 9.77. The molecule has 0 saturated heterocycles. The third kappa shape index (κ3) is 4.29. The standard InChI is InChI=1S/C46H30N2O/c1-2-14-31(15-3-1)35-17-6-10-22-40(35)48(43-30-32-16-4-5-18-36(32)45-39-21-9-13-25-44(39)49-46(43)45)34-28-26-33(27-29-34)47-41-23-11-7-19-37(41)38-20-8-12-24-42(38)47/h1-30H. The molecule has 0 radical (unpaired) electrons. The lowest BCUT2D eigenvalue weighted by atomic mass is 9.99. The summed E-state index contributed by atoms with van der Waals surface area (Å²) in [4.78, 5) is 2.37. The Morgan fingerprint density at radius 1 is 0.449 bits per heavy atom. The Balaban J connectivity index is 1.25. The molecule has 0 saturated carbocycles. The Kier molecular flexibility index (Phi) is 6.18. The Bertz CT molecular complexity index is 2770. The van der Waals surface area contributed by atoms with Crippen molar-refractivity contribution >= 4 is 71.6 Å². The molecule has 0 unspecified atom stereocenters. The van der Waals surface area contributed by atoms with Crippen LogP contribution >= 0.6 is 0 Å². The first kappa shape index (κ1) is 27.5. The van der Waals surface area contributed by atoms with E-state index in [-0.39, 0.29) is 0 Å². The van der Waals surface area contributed by atoms with Gasteiger partial charge in [-0.3, -0.25) is 0 Å². The van der Waals surface area contributed by atoms with Crippen LogP contribution in [0, 0.1) is 0 Å². The second-order valence-electron chi connectivity index (χ2n) is 12.5. The number of rotatable bonds is 5. The molecule has 10 rings (SSSR count). The fraction of sp³-hybridized carbons (Fsp3) is 0. The minimum Gasteiger partial charge on any atom is -0.454 e. The van der Waals surface area contributed by atoms with E-state index in [4.69, 9.17) is 4.42 Å². The van der Waals surface area contributed by atoms with Gasteiger partial charge in [0.1, 0.15) is 5.58 Å². The lowest BCUT2D eigenvalue weighted by Crippen LogP contribution is -2.12. The van der Waals surface area contributed by atoms with Gasteiger partial charge in [-0.15, -0.1) is 0 Å². The van der Waals surface area contributed by atoms with Crippen LogP contribution < -0.4 is 4.90 Å². The maximum Gasteiger partial charge on any atom is 0.160 e. The van der Waals surface area contributed by atoms with Gasteiger partial charge in [0, 0.05) is 38.5 Å². The fourth-order valence-electron chi connectivity index (χ4n) is 7.61. The smallest absolute Gasteiger partial charge is 0.160 e. The van der Waals surface area contributed by atoms with Gasteiger partial charge in [0.05, 0.1) is 22.4 Å². The molecular formula is C46H30N2O. The zero-order valence-electron chi connectivity index (χ0n) is 26.6. The predicted molar refractivity (Wildman–Crippen MR) is 206 cm³/mol. The highest BCUT2D eigenvalue weighted by Gasteiger charge is 2.24. The van der Waals surface area contributed by atoms with Crippen molar-refractivity contribution in [2.45, 2.75) is 0 Å². The molecule has 0 bridgehead atoms. The van der Waals surface area contributed by atoms with E-state index in [1.807, 2.05) is 6.07 Å². The number of para-hydroxylation sites is 4. The minimum atomic E-state index is 0.870. The summed E-state index contributed by atoms with van der Waals surface area (Å²) >= 11 is 0. The molecule has 2 heterocycles. The molecular weight excluding hydrogens is 597 g/mol. The van der Waals surface area contributed by atoms with Crippen LogP contribution in [0.15, 0.2) is 186 Å². The van der Waals surface area contributed by atoms with Crippen molar-refractivity contribution in [3.05, 3.63) is 182 Å². The number of hydrogen-bond acceptors (Lipinski definition) is 2. The van der Waals surface area contributed by atoms with Crippen LogP contribution in [0.25, 0.3) is 71.3 Å². The molecule has 230 valence electrons. The summed E-state index contributed by atoms with van der Waals surface area (Å²) in [6.07, 6.45) is 0. The molecule has 0 aliphatic heterocycles. The molecule has 0 atom stereocenters. The molecule has 3 heteroatoms. The predicted octanol–water partition coefficient (Wildman–Crippen LogP) is 13.0. The van der Waals surface area contributed by atoms with Crippen molar-refractivity contribution in [3.8, 4) is 16.8 Å². The summed E-state index contributed by atoms with van der Waals surface area (Å²) in [6, 6.07) is 64.8. The van der Waals surface area contributed by atoms with E-state index >= 15 is 0 Å². The number of furan rings is 1. The van der Waals surface area contributed by atoms with Gasteiger partial charge >= 0.3 is 0 Å². The monoisotopic (exact) mass is 626 g/mol. The van der Waals surface area contributed by atoms with Crippen LogP contribution in [0.4, 0.5) is 17.1 Å². The molecule has 0 amide bonds. The zero-order valence-corrected chi connectivity index (χ0v) is 26.6. The molecule has 0 aliphatic carbocycles. The summed E-state index contributed by atoms with van der Waals surface area (Å²) in [5.41, 5.74) is 10.7. The van der Waals surface area contributed by atoms with Crippen LogP contribution in [0.3, 0.4) is 0 Å². The van der Waals surface area contributed by atoms with Crippen molar-refractivity contribution in [2.24, 2.45) is 0 Å². The van der Waals surface area contributed by atoms with Crippen LogP contribution in [0.2, 0.25) is 0 Å². The summed E-state index contributed by atoms with van der Waals surface area (Å²) < 4.78 is 9.16. The Morgan fingerprint density at radius 3 is 1.80 bits per heavy atom. The Morgan fingerprint density at radius 2 is 1.04 bits per heavy atom. The number of benzene rings is 8. The van der Waals surface area contributed by atoms with Crippen molar-refractivity contribution in [3.63, 3.8) is 0 Å². The van der Waals surface area contributed by atoms with Gasteiger partial charge in [-0.25, -0.2) is 0 Å². The fourth-order valence-corrected chi connectivity index (χ4v) is 7.61. The molecule has 10 aromatic rings. The zero-order chi connectivity index (χ0) is 32.3. The average molecular weight is 627 g/mol. The molecule has 49 heavy (non-hydrogen) atoms. The van der Waals surface area contributed by atoms with Crippen molar-refractivity contribution in [2.75, 3.05) is 4.90 Å². The van der Waals surface area contributed by atoms with E-state index in [2.05, 4.69) is 185 Å². The molecule has 0 aliphatic rings. The number of aromatic nitrogens is 1. The van der Waals surface area contributed by atoms with Gasteiger partial charge in [-0.05, 0) is 70.9 Å². The van der Waals surface area contributed by atoms with Gasteiger partial charge in [-0.1, -0.05) is 127 Å². The molecule has 2 aromatic heterocycles. The Labute approximate surface area is 283 Å². The maximum atomic E-state index is 6.79. The molecule has 0 spiro atoms. The first-order valence-corrected chi connectivity index (χ1v) is 16.7. The minimum absolute atomic E-state index is 0.870. The van der Waals surface area contributed by atoms with Gasteiger partial charge in [0.2, 0.25) is 0 Å². The third-order valence-corrected chi connectivity index (χ3v) is 9.77. The average Bonchev–Trinajstić information content (AvgIpc) is 3.73. The van der Waals surface area contributed by atoms with Crippen LogP contribution in [0.1, 0.15) is 0 Å². The van der Waals surface area contributed by atoms with Crippen LogP contribution in [-0.4, -0.2) is 4.57 Å². The highest BCUT2D eigenvalue weighted by atomic mass is 16.3. The number of hydrogen-bond donors (Lipinski definition) is 0. The van der Waals surface area contributed by atoms with Crippen molar-refractivity contribution in [1.29, 1.82) is 0 Å². The largest absolute Gasteiger partial charge is 0.454 e. The van der Waals surface area contributed by atoms with E-state index in [0.29, 0.717) is 0 Å². The van der Waals surface area contributed by atoms with Gasteiger partial charge in [0.15, 0.2) is 5.58 Å². The second kappa shape index (κ2) is 11.0. The van der Waals surface area contributed by atoms with E-state index < -0.39 is 0 Å². The Hall–Kier alpha value is -6.58. The summed E-state index contributed by atoms with van der Waals surface area (Å²) in [7, 11) is 0. The molecule has 8 aromatic carbocycles. The van der Waals surface area contributed by atoms with Crippen LogP contribution in [-0.2, 0) is 0 Å². The van der Waals surface area contributed by atoms with E-state index in [1.165, 1.54) is 32.6 Å². The van der Waals surface area contributed by atoms with Crippen LogP contribution in [0.5, 0.6) is 0 Å². The molecule has 0 fully saturated rings. The van der Waals surface area contributed by atoms with Crippen molar-refractivity contribution < 1.29 is 4.42 Å². The first-order chi connectivity index (χ1) is 24.3. The quantitative estimate of drug-likeness (QED) is 0.190. The summed E-state index contributed by atoms with van der Waals surface area (Å²) in [6.45, 7) is 0. The van der Waals surface area contributed by atoms with Crippen molar-refractivity contribution in [1.82, 2.24) is 4.57 Å². The highest BCUT2D eigenvalue weighted by molar-refractivity contribution is 6.23. The maximum absolute atomic E-state index is 6.79. The lowest BCUT2D eigenvalue weighted by molar-refractivity contribution is 0.669. The SMILES string of the molecule is c1ccc(-c2ccccc2N(c2ccc(-n3c4ccccc4c4ccccc43)cc2)c2cc3ccccc3c3c2oc2ccccc23)cc1. The lowest BCUT2D eigenvalue weighted by Gasteiger charge is -2.28. The van der Waals surface area contributed by atoms with Gasteiger partial charge < -0.3 is 13.9 Å². The van der Waals surface area contributed by atoms with Gasteiger partial charge in [0.25, 0.3) is 0 Å². The van der Waals surface area contributed by atoms with Gasteiger partial charge in [-0.2, -0.15) is 0 Å². The number of nitrogens with zero attached hydrogens (tertiary/aromatic N) is 2. The highest BCUT2D eigenvalue weighted by Crippen LogP contribution is 2.47. The van der Waals surface area contributed by atoms with E-state index in [9.17, 15) is 0 Å². The topological polar surface area (TPSA) is 21.3 Å². The number of anilines is 3.